The van der Waals surface area contributed by atoms with Crippen molar-refractivity contribution in [2.24, 2.45) is 5.10 Å². The minimum absolute atomic E-state index is 0.0534. The average molecular weight is 614 g/mol. The van der Waals surface area contributed by atoms with Gasteiger partial charge in [0.15, 0.2) is 0 Å². The zero-order chi connectivity index (χ0) is 26.0. The molecule has 0 aliphatic carbocycles. The first kappa shape index (κ1) is 25.7. The van der Waals surface area contributed by atoms with Crippen LogP contribution in [0.1, 0.15) is 37.7 Å². The molecule has 0 aliphatic heterocycles. The highest BCUT2D eigenvalue weighted by Crippen LogP contribution is 2.34. The Balaban J connectivity index is 1.86. The van der Waals surface area contributed by atoms with Crippen LogP contribution in [0.2, 0.25) is 0 Å². The molecule has 0 saturated heterocycles. The van der Waals surface area contributed by atoms with Crippen LogP contribution in [0.3, 0.4) is 0 Å². The van der Waals surface area contributed by atoms with Gasteiger partial charge in [-0.05, 0) is 29.8 Å². The molecule has 0 aliphatic rings. The number of hydrogen-bond acceptors (Lipinski definition) is 6. The second-order valence-electron chi connectivity index (χ2n) is 9.08. The molecule has 0 atom stereocenters. The molecule has 4 rings (SSSR count). The number of benzene rings is 3. The largest absolute Gasteiger partial charge is 0.481 e. The molecule has 0 saturated carbocycles. The number of fused-ring (bicyclic) bond motifs is 1. The topological polar surface area (TPSA) is 99.6 Å². The number of aromatic nitrogens is 2. The summed E-state index contributed by atoms with van der Waals surface area (Å²) >= 11 is 6.73. The van der Waals surface area contributed by atoms with Gasteiger partial charge in [0.05, 0.1) is 22.0 Å². The third kappa shape index (κ3) is 5.55. The predicted octanol–water partition coefficient (Wildman–Crippen LogP) is 6.59. The van der Waals surface area contributed by atoms with Crippen molar-refractivity contribution in [3.05, 3.63) is 107 Å². The second kappa shape index (κ2) is 10.3. The van der Waals surface area contributed by atoms with Gasteiger partial charge in [0, 0.05) is 26.0 Å². The van der Waals surface area contributed by atoms with E-state index in [2.05, 4.69) is 37.0 Å². The van der Waals surface area contributed by atoms with Gasteiger partial charge in [-0.25, -0.2) is 4.98 Å². The first-order valence-corrected chi connectivity index (χ1v) is 12.5. The monoisotopic (exact) mass is 612 g/mol. The Hall–Kier alpha value is -3.37. The third-order valence-corrected chi connectivity index (χ3v) is 6.23. The normalized spacial score (nSPS) is 11.8. The molecular weight excluding hydrogens is 592 g/mol. The first-order chi connectivity index (χ1) is 17.0. The molecule has 1 aromatic heterocycles. The Kier molecular flexibility index (Phi) is 7.37. The summed E-state index contributed by atoms with van der Waals surface area (Å²) in [4.78, 5) is 29.5. The van der Waals surface area contributed by atoms with E-state index in [1.54, 1.807) is 18.2 Å². The summed E-state index contributed by atoms with van der Waals surface area (Å²) in [6.45, 7) is 5.93. The lowest BCUT2D eigenvalue weighted by molar-refractivity contribution is -0.386. The maximum absolute atomic E-state index is 13.4. The van der Waals surface area contributed by atoms with Crippen LogP contribution in [-0.2, 0) is 12.0 Å². The summed E-state index contributed by atoms with van der Waals surface area (Å²) < 4.78 is 8.37. The molecule has 0 unspecified atom stereocenters. The number of nitro groups is 1. The van der Waals surface area contributed by atoms with Crippen LogP contribution >= 0.6 is 31.9 Å². The predicted molar refractivity (Wildman–Crippen MR) is 147 cm³/mol. The van der Waals surface area contributed by atoms with Crippen molar-refractivity contribution < 1.29 is 9.66 Å². The van der Waals surface area contributed by atoms with Gasteiger partial charge in [-0.1, -0.05) is 83.0 Å². The number of ether oxygens (including phenoxy) is 1. The van der Waals surface area contributed by atoms with E-state index in [-0.39, 0.29) is 23.6 Å². The standard InChI is InChI=1S/C26H22Br2N4O4/c1-26(2,3)25-30-21-10-9-18(27)12-20(21)24(33)31(25)29-14-17-11-19(28)13-22(32(34)35)23(17)36-15-16-7-5-4-6-8-16/h4-14H,15H2,1-3H3. The van der Waals surface area contributed by atoms with E-state index < -0.39 is 10.3 Å². The fourth-order valence-corrected chi connectivity index (χ4v) is 4.40. The van der Waals surface area contributed by atoms with Crippen LogP contribution < -0.4 is 10.3 Å². The van der Waals surface area contributed by atoms with E-state index in [1.807, 2.05) is 57.2 Å². The van der Waals surface area contributed by atoms with Crippen molar-refractivity contribution in [3.63, 3.8) is 0 Å². The third-order valence-electron chi connectivity index (χ3n) is 5.28. The second-order valence-corrected chi connectivity index (χ2v) is 10.9. The van der Waals surface area contributed by atoms with Gasteiger partial charge in [-0.2, -0.15) is 9.78 Å². The molecule has 0 amide bonds. The summed E-state index contributed by atoms with van der Waals surface area (Å²) in [6.07, 6.45) is 1.39. The molecule has 1 heterocycles. The van der Waals surface area contributed by atoms with Crippen LogP contribution in [0.15, 0.2) is 79.5 Å². The Morgan fingerprint density at radius 2 is 1.81 bits per heavy atom. The van der Waals surface area contributed by atoms with E-state index in [0.29, 0.717) is 26.8 Å². The van der Waals surface area contributed by atoms with Crippen LogP contribution in [0.4, 0.5) is 5.69 Å². The lowest BCUT2D eigenvalue weighted by atomic mass is 9.95. The van der Waals surface area contributed by atoms with Gasteiger partial charge in [0.25, 0.3) is 5.56 Å². The van der Waals surface area contributed by atoms with Crippen molar-refractivity contribution in [2.75, 3.05) is 0 Å². The highest BCUT2D eigenvalue weighted by atomic mass is 79.9. The first-order valence-electron chi connectivity index (χ1n) is 11.0. The van der Waals surface area contributed by atoms with Crippen molar-refractivity contribution in [2.45, 2.75) is 32.8 Å². The fourth-order valence-electron chi connectivity index (χ4n) is 3.58. The minimum Gasteiger partial charge on any atom is -0.481 e. The van der Waals surface area contributed by atoms with Crippen LogP contribution in [0.5, 0.6) is 5.75 Å². The van der Waals surface area contributed by atoms with Gasteiger partial charge in [0.1, 0.15) is 12.4 Å². The Morgan fingerprint density at radius 3 is 2.47 bits per heavy atom. The van der Waals surface area contributed by atoms with Crippen molar-refractivity contribution >= 4 is 54.7 Å². The molecule has 184 valence electrons. The van der Waals surface area contributed by atoms with Crippen molar-refractivity contribution in [1.82, 2.24) is 9.66 Å². The summed E-state index contributed by atoms with van der Waals surface area (Å²) in [5.41, 5.74) is 0.684. The van der Waals surface area contributed by atoms with E-state index >= 15 is 0 Å². The summed E-state index contributed by atoms with van der Waals surface area (Å²) in [5, 5.41) is 16.7. The van der Waals surface area contributed by atoms with E-state index in [0.717, 1.165) is 10.0 Å². The lowest BCUT2D eigenvalue weighted by Crippen LogP contribution is -2.29. The van der Waals surface area contributed by atoms with Crippen LogP contribution in [-0.4, -0.2) is 20.8 Å². The summed E-state index contributed by atoms with van der Waals surface area (Å²) in [5.74, 6) is 0.507. The highest BCUT2D eigenvalue weighted by Gasteiger charge is 2.24. The zero-order valence-corrected chi connectivity index (χ0v) is 22.9. The minimum atomic E-state index is -0.510. The molecular formula is C26H22Br2N4O4. The van der Waals surface area contributed by atoms with Gasteiger partial charge < -0.3 is 4.74 Å². The number of halogens is 2. The molecule has 0 radical (unpaired) electrons. The van der Waals surface area contributed by atoms with Gasteiger partial charge >= 0.3 is 5.69 Å². The molecule has 4 aromatic rings. The fraction of sp³-hybridized carbons (Fsp3) is 0.192. The highest BCUT2D eigenvalue weighted by molar-refractivity contribution is 9.10. The van der Waals surface area contributed by atoms with Crippen molar-refractivity contribution in [3.8, 4) is 5.75 Å². The van der Waals surface area contributed by atoms with Crippen LogP contribution in [0.25, 0.3) is 10.9 Å². The number of nitro benzene ring substituents is 1. The molecule has 0 fully saturated rings. The molecule has 3 aromatic carbocycles. The molecule has 8 nitrogen and oxygen atoms in total. The zero-order valence-electron chi connectivity index (χ0n) is 19.7. The van der Waals surface area contributed by atoms with Gasteiger partial charge in [-0.3, -0.25) is 14.9 Å². The van der Waals surface area contributed by atoms with E-state index in [4.69, 9.17) is 9.72 Å². The van der Waals surface area contributed by atoms with Crippen molar-refractivity contribution in [1.29, 1.82) is 0 Å². The van der Waals surface area contributed by atoms with Crippen LogP contribution in [0, 0.1) is 10.1 Å². The Labute approximate surface area is 224 Å². The summed E-state index contributed by atoms with van der Waals surface area (Å²) in [7, 11) is 0. The number of hydrogen-bond donors (Lipinski definition) is 0. The van der Waals surface area contributed by atoms with Gasteiger partial charge in [0.2, 0.25) is 5.75 Å². The average Bonchev–Trinajstić information content (AvgIpc) is 2.82. The lowest BCUT2D eigenvalue weighted by Gasteiger charge is -2.21. The van der Waals surface area contributed by atoms with E-state index in [9.17, 15) is 14.9 Å². The number of nitrogens with zero attached hydrogens (tertiary/aromatic N) is 4. The molecule has 0 bridgehead atoms. The van der Waals surface area contributed by atoms with E-state index in [1.165, 1.54) is 17.0 Å². The number of rotatable bonds is 6. The molecule has 0 N–H and O–H groups in total. The smallest absolute Gasteiger partial charge is 0.312 e. The van der Waals surface area contributed by atoms with Gasteiger partial charge in [-0.15, -0.1) is 0 Å². The maximum atomic E-state index is 13.4. The Bertz CT molecular complexity index is 1540. The Morgan fingerprint density at radius 1 is 1.08 bits per heavy atom. The molecule has 10 heteroatoms. The quantitative estimate of drug-likeness (QED) is 0.139. The summed E-state index contributed by atoms with van der Waals surface area (Å²) in [6, 6.07) is 17.7. The SMILES string of the molecule is CC(C)(C)c1nc2ccc(Br)cc2c(=O)n1N=Cc1cc(Br)cc([N+](=O)[O-])c1OCc1ccccc1. The molecule has 36 heavy (non-hydrogen) atoms. The maximum Gasteiger partial charge on any atom is 0.312 e. The molecule has 0 spiro atoms.